The molecule has 0 aromatic carbocycles. The molecule has 160 valence electrons. The number of ether oxygens (including phenoxy) is 2. The summed E-state index contributed by atoms with van der Waals surface area (Å²) in [6.45, 7) is -0.877. The van der Waals surface area contributed by atoms with Crippen LogP contribution in [0.1, 0.15) is 26.9 Å². The summed E-state index contributed by atoms with van der Waals surface area (Å²) in [5.74, 6) is -5.78. The number of aliphatic hydroxyl groups excluding tert-OH is 2. The minimum Gasteiger partial charge on any atom is -0.465 e. The first kappa shape index (κ1) is 21.4. The van der Waals surface area contributed by atoms with Crippen molar-refractivity contribution in [1.82, 2.24) is 14.5 Å². The standard InChI is InChI=1S/C17H16F2N4O7/c1-29-14(27)9-6-20-4-2-8(9)13(26)21-11-3-5-23(16(28)22-11)15-17(18,19)12(25)10(7-24)30-15/h2-6,10,12,15,24-25H,7H2,1H3,(H,21,22,26,28)/t10-,12-,15-/m1/s1. The molecule has 1 aliphatic heterocycles. The summed E-state index contributed by atoms with van der Waals surface area (Å²) in [6.07, 6.45) is -2.82. The summed E-state index contributed by atoms with van der Waals surface area (Å²) in [5, 5.41) is 20.9. The van der Waals surface area contributed by atoms with Crippen LogP contribution in [0.25, 0.3) is 0 Å². The summed E-state index contributed by atoms with van der Waals surface area (Å²) in [7, 11) is 1.12. The first-order chi connectivity index (χ1) is 14.2. The highest BCUT2D eigenvalue weighted by atomic mass is 19.3. The molecule has 0 saturated carbocycles. The number of aliphatic hydroxyl groups is 2. The number of amides is 1. The molecule has 13 heteroatoms. The first-order valence-electron chi connectivity index (χ1n) is 8.45. The van der Waals surface area contributed by atoms with Gasteiger partial charge in [0.05, 0.1) is 24.8 Å². The molecule has 0 aliphatic carbocycles. The van der Waals surface area contributed by atoms with E-state index < -0.39 is 48.5 Å². The van der Waals surface area contributed by atoms with E-state index in [4.69, 9.17) is 9.84 Å². The Labute approximate surface area is 166 Å². The lowest BCUT2D eigenvalue weighted by Gasteiger charge is -2.21. The number of nitrogens with zero attached hydrogens (tertiary/aromatic N) is 3. The molecule has 0 spiro atoms. The van der Waals surface area contributed by atoms with Crippen LogP contribution >= 0.6 is 0 Å². The molecule has 3 rings (SSSR count). The van der Waals surface area contributed by atoms with Crippen molar-refractivity contribution >= 4 is 17.7 Å². The second kappa shape index (κ2) is 8.22. The molecule has 0 unspecified atom stereocenters. The number of pyridine rings is 1. The Morgan fingerprint density at radius 2 is 2.10 bits per heavy atom. The number of anilines is 1. The Kier molecular flexibility index (Phi) is 5.87. The van der Waals surface area contributed by atoms with Gasteiger partial charge in [0.1, 0.15) is 11.9 Å². The normalized spacial score (nSPS) is 22.5. The number of rotatable bonds is 5. The van der Waals surface area contributed by atoms with E-state index in [1.807, 2.05) is 0 Å². The van der Waals surface area contributed by atoms with Gasteiger partial charge >= 0.3 is 17.6 Å². The summed E-state index contributed by atoms with van der Waals surface area (Å²) in [6, 6.07) is 2.29. The van der Waals surface area contributed by atoms with Crippen molar-refractivity contribution in [2.45, 2.75) is 24.4 Å². The SMILES string of the molecule is COC(=O)c1cnccc1C(=O)Nc1ccn([C@@H]2O[C@H](CO)[C@@H](O)C2(F)F)c(=O)n1. The zero-order valence-corrected chi connectivity index (χ0v) is 15.4. The second-order valence-corrected chi connectivity index (χ2v) is 6.20. The van der Waals surface area contributed by atoms with Gasteiger partial charge in [0.25, 0.3) is 5.91 Å². The fourth-order valence-corrected chi connectivity index (χ4v) is 2.83. The topological polar surface area (TPSA) is 153 Å². The van der Waals surface area contributed by atoms with Crippen LogP contribution in [0, 0.1) is 0 Å². The van der Waals surface area contributed by atoms with E-state index in [9.17, 15) is 28.3 Å². The third-order valence-corrected chi connectivity index (χ3v) is 4.35. The molecule has 3 atom stereocenters. The molecule has 1 fully saturated rings. The summed E-state index contributed by atoms with van der Waals surface area (Å²) >= 11 is 0. The van der Waals surface area contributed by atoms with E-state index in [0.29, 0.717) is 4.57 Å². The molecule has 11 nitrogen and oxygen atoms in total. The van der Waals surface area contributed by atoms with Crippen LogP contribution in [-0.2, 0) is 9.47 Å². The molecule has 2 aromatic heterocycles. The molecular formula is C17H16F2N4O7. The van der Waals surface area contributed by atoms with Crippen LogP contribution in [0.3, 0.4) is 0 Å². The predicted octanol–water partition coefficient (Wildman–Crippen LogP) is -0.437. The molecule has 1 amide bonds. The van der Waals surface area contributed by atoms with Gasteiger partial charge in [-0.05, 0) is 12.1 Å². The van der Waals surface area contributed by atoms with Crippen LogP contribution in [0.15, 0.2) is 35.5 Å². The number of aromatic nitrogens is 3. The summed E-state index contributed by atoms with van der Waals surface area (Å²) in [5.41, 5.74) is -1.44. The molecule has 3 heterocycles. The van der Waals surface area contributed by atoms with Crippen molar-refractivity contribution in [2.24, 2.45) is 0 Å². The van der Waals surface area contributed by atoms with Crippen LogP contribution in [0.2, 0.25) is 0 Å². The zero-order chi connectivity index (χ0) is 22.1. The van der Waals surface area contributed by atoms with Gasteiger partial charge in [0.2, 0.25) is 6.23 Å². The maximum Gasteiger partial charge on any atom is 0.351 e. The average Bonchev–Trinajstić information content (AvgIpc) is 2.96. The number of esters is 1. The third-order valence-electron chi connectivity index (χ3n) is 4.35. The fourth-order valence-electron chi connectivity index (χ4n) is 2.83. The minimum absolute atomic E-state index is 0.109. The van der Waals surface area contributed by atoms with Gasteiger partial charge in [-0.3, -0.25) is 14.3 Å². The molecule has 2 aromatic rings. The Morgan fingerprint density at radius 3 is 2.70 bits per heavy atom. The molecule has 3 N–H and O–H groups in total. The van der Waals surface area contributed by atoms with Crippen LogP contribution in [0.4, 0.5) is 14.6 Å². The Hall–Kier alpha value is -3.29. The van der Waals surface area contributed by atoms with Gasteiger partial charge in [-0.2, -0.15) is 13.8 Å². The van der Waals surface area contributed by atoms with Crippen molar-refractivity contribution in [3.05, 3.63) is 52.3 Å². The number of halogens is 2. The van der Waals surface area contributed by atoms with Crippen LogP contribution in [0.5, 0.6) is 0 Å². The second-order valence-electron chi connectivity index (χ2n) is 6.20. The highest BCUT2D eigenvalue weighted by molar-refractivity contribution is 6.10. The number of nitrogens with one attached hydrogen (secondary N) is 1. The number of carbonyl (C=O) groups excluding carboxylic acids is 2. The number of hydrogen-bond donors (Lipinski definition) is 3. The maximum atomic E-state index is 14.2. The Balaban J connectivity index is 1.85. The van der Waals surface area contributed by atoms with Gasteiger partial charge < -0.3 is 25.0 Å². The molecule has 1 saturated heterocycles. The number of carbonyl (C=O) groups is 2. The van der Waals surface area contributed by atoms with Crippen molar-refractivity contribution in [1.29, 1.82) is 0 Å². The molecular weight excluding hydrogens is 410 g/mol. The van der Waals surface area contributed by atoms with Gasteiger partial charge in [-0.25, -0.2) is 9.59 Å². The Morgan fingerprint density at radius 1 is 1.37 bits per heavy atom. The quantitative estimate of drug-likeness (QED) is 0.540. The smallest absolute Gasteiger partial charge is 0.351 e. The number of alkyl halides is 2. The highest BCUT2D eigenvalue weighted by Gasteiger charge is 2.59. The monoisotopic (exact) mass is 426 g/mol. The van der Waals surface area contributed by atoms with Gasteiger partial charge in [0, 0.05) is 18.6 Å². The minimum atomic E-state index is -3.86. The summed E-state index contributed by atoms with van der Waals surface area (Å²) < 4.78 is 38.3. The lowest BCUT2D eigenvalue weighted by atomic mass is 10.1. The molecule has 30 heavy (non-hydrogen) atoms. The lowest BCUT2D eigenvalue weighted by Crippen LogP contribution is -2.41. The number of hydrogen-bond acceptors (Lipinski definition) is 9. The number of methoxy groups -OCH3 is 1. The van der Waals surface area contributed by atoms with Crippen LogP contribution < -0.4 is 11.0 Å². The van der Waals surface area contributed by atoms with E-state index in [1.165, 1.54) is 12.3 Å². The molecule has 0 radical (unpaired) electrons. The van der Waals surface area contributed by atoms with E-state index >= 15 is 0 Å². The van der Waals surface area contributed by atoms with Crippen molar-refractivity contribution < 1.29 is 38.1 Å². The maximum absolute atomic E-state index is 14.2. The lowest BCUT2D eigenvalue weighted by molar-refractivity contribution is -0.140. The van der Waals surface area contributed by atoms with Crippen molar-refractivity contribution in [2.75, 3.05) is 19.0 Å². The molecule has 0 bridgehead atoms. The largest absolute Gasteiger partial charge is 0.465 e. The highest BCUT2D eigenvalue weighted by Crippen LogP contribution is 2.41. The van der Waals surface area contributed by atoms with Crippen molar-refractivity contribution in [3.8, 4) is 0 Å². The third kappa shape index (κ3) is 3.77. The van der Waals surface area contributed by atoms with Gasteiger partial charge in [-0.15, -0.1) is 0 Å². The Bertz CT molecular complexity index is 1030. The zero-order valence-electron chi connectivity index (χ0n) is 15.4. The first-order valence-corrected chi connectivity index (χ1v) is 8.45. The van der Waals surface area contributed by atoms with Crippen molar-refractivity contribution in [3.63, 3.8) is 0 Å². The predicted molar refractivity (Wildman–Crippen MR) is 94.0 cm³/mol. The van der Waals surface area contributed by atoms with E-state index in [2.05, 4.69) is 20.0 Å². The van der Waals surface area contributed by atoms with Crippen LogP contribution in [-0.4, -0.2) is 68.5 Å². The van der Waals surface area contributed by atoms with E-state index in [-0.39, 0.29) is 16.9 Å². The molecule has 1 aliphatic rings. The summed E-state index contributed by atoms with van der Waals surface area (Å²) in [4.78, 5) is 43.6. The van der Waals surface area contributed by atoms with E-state index in [0.717, 1.165) is 25.6 Å². The van der Waals surface area contributed by atoms with Gasteiger partial charge in [-0.1, -0.05) is 0 Å². The average molecular weight is 426 g/mol. The van der Waals surface area contributed by atoms with E-state index in [1.54, 1.807) is 0 Å². The fraction of sp³-hybridized carbons (Fsp3) is 0.353. The van der Waals surface area contributed by atoms with Gasteiger partial charge in [0.15, 0.2) is 6.10 Å².